The Balaban J connectivity index is 1.91. The summed E-state index contributed by atoms with van der Waals surface area (Å²) in [5.74, 6) is -0.294. The van der Waals surface area contributed by atoms with Crippen molar-refractivity contribution in [1.29, 1.82) is 0 Å². The summed E-state index contributed by atoms with van der Waals surface area (Å²) in [7, 11) is 4.02. The molecule has 0 aliphatic rings. The van der Waals surface area contributed by atoms with Gasteiger partial charge in [0.1, 0.15) is 5.82 Å². The first-order valence-corrected chi connectivity index (χ1v) is 7.40. The number of halogens is 1. The van der Waals surface area contributed by atoms with Crippen molar-refractivity contribution in [2.45, 2.75) is 25.6 Å². The van der Waals surface area contributed by atoms with Gasteiger partial charge in [-0.15, -0.1) is 0 Å². The highest BCUT2D eigenvalue weighted by atomic mass is 19.1. The SMILES string of the molecule is CC(NCc1ccc(N(C)C)cc1)C(O)c1ccc(F)cc1. The smallest absolute Gasteiger partial charge is 0.123 e. The van der Waals surface area contributed by atoms with Gasteiger partial charge in [-0.25, -0.2) is 4.39 Å². The van der Waals surface area contributed by atoms with Crippen LogP contribution < -0.4 is 10.2 Å². The molecule has 0 amide bonds. The Kier molecular flexibility index (Phi) is 5.52. The molecule has 4 heteroatoms. The Morgan fingerprint density at radius 3 is 2.18 bits per heavy atom. The third kappa shape index (κ3) is 4.29. The van der Waals surface area contributed by atoms with Gasteiger partial charge in [-0.3, -0.25) is 0 Å². The fraction of sp³-hybridized carbons (Fsp3) is 0.333. The van der Waals surface area contributed by atoms with Crippen LogP contribution in [0, 0.1) is 5.82 Å². The minimum Gasteiger partial charge on any atom is -0.387 e. The predicted molar refractivity (Wildman–Crippen MR) is 88.4 cm³/mol. The van der Waals surface area contributed by atoms with Crippen molar-refractivity contribution in [1.82, 2.24) is 5.32 Å². The molecule has 2 aromatic carbocycles. The van der Waals surface area contributed by atoms with Gasteiger partial charge in [-0.1, -0.05) is 24.3 Å². The second-order valence-corrected chi connectivity index (χ2v) is 5.73. The lowest BCUT2D eigenvalue weighted by molar-refractivity contribution is 0.135. The molecule has 0 saturated carbocycles. The van der Waals surface area contributed by atoms with Gasteiger partial charge in [0.25, 0.3) is 0 Å². The Morgan fingerprint density at radius 2 is 1.64 bits per heavy atom. The van der Waals surface area contributed by atoms with Crippen molar-refractivity contribution in [2.24, 2.45) is 0 Å². The molecule has 2 rings (SSSR count). The molecule has 0 radical (unpaired) electrons. The lowest BCUT2D eigenvalue weighted by Crippen LogP contribution is -2.31. The van der Waals surface area contributed by atoms with Crippen molar-refractivity contribution in [3.05, 3.63) is 65.5 Å². The van der Waals surface area contributed by atoms with E-state index in [9.17, 15) is 9.50 Å². The first-order valence-electron chi connectivity index (χ1n) is 7.40. The topological polar surface area (TPSA) is 35.5 Å². The van der Waals surface area contributed by atoms with E-state index in [2.05, 4.69) is 34.5 Å². The standard InChI is InChI=1S/C18H23FN2O/c1-13(18(22)15-6-8-16(19)9-7-15)20-12-14-4-10-17(11-5-14)21(2)3/h4-11,13,18,20,22H,12H2,1-3H3. The fourth-order valence-corrected chi connectivity index (χ4v) is 2.25. The maximum Gasteiger partial charge on any atom is 0.123 e. The largest absolute Gasteiger partial charge is 0.387 e. The third-order valence-electron chi connectivity index (χ3n) is 3.77. The zero-order chi connectivity index (χ0) is 16.1. The molecule has 0 spiro atoms. The minimum atomic E-state index is -0.665. The van der Waals surface area contributed by atoms with E-state index in [-0.39, 0.29) is 11.9 Å². The molecular weight excluding hydrogens is 279 g/mol. The lowest BCUT2D eigenvalue weighted by atomic mass is 10.0. The highest BCUT2D eigenvalue weighted by Crippen LogP contribution is 2.18. The maximum absolute atomic E-state index is 12.9. The molecule has 2 N–H and O–H groups in total. The van der Waals surface area contributed by atoms with E-state index in [0.717, 1.165) is 11.3 Å². The zero-order valence-electron chi connectivity index (χ0n) is 13.3. The van der Waals surface area contributed by atoms with Gasteiger partial charge >= 0.3 is 0 Å². The first-order chi connectivity index (χ1) is 10.5. The van der Waals surface area contributed by atoms with Crippen molar-refractivity contribution in [3.8, 4) is 0 Å². The predicted octanol–water partition coefficient (Wildman–Crippen LogP) is 3.10. The number of anilines is 1. The molecule has 0 aliphatic heterocycles. The Bertz CT molecular complexity index is 581. The van der Waals surface area contributed by atoms with E-state index in [1.807, 2.05) is 21.0 Å². The number of benzene rings is 2. The van der Waals surface area contributed by atoms with Crippen LogP contribution >= 0.6 is 0 Å². The van der Waals surface area contributed by atoms with Gasteiger partial charge in [0.2, 0.25) is 0 Å². The minimum absolute atomic E-state index is 0.126. The quantitative estimate of drug-likeness (QED) is 0.860. The summed E-state index contributed by atoms with van der Waals surface area (Å²) in [6, 6.07) is 14.1. The third-order valence-corrected chi connectivity index (χ3v) is 3.77. The number of rotatable bonds is 6. The van der Waals surface area contributed by atoms with E-state index in [1.54, 1.807) is 12.1 Å². The van der Waals surface area contributed by atoms with Gasteiger partial charge in [0, 0.05) is 32.4 Å². The zero-order valence-corrected chi connectivity index (χ0v) is 13.3. The van der Waals surface area contributed by atoms with Crippen LogP contribution in [0.4, 0.5) is 10.1 Å². The monoisotopic (exact) mass is 302 g/mol. The van der Waals surface area contributed by atoms with Crippen molar-refractivity contribution in [3.63, 3.8) is 0 Å². The lowest BCUT2D eigenvalue weighted by Gasteiger charge is -2.21. The van der Waals surface area contributed by atoms with Crippen LogP contribution in [0.1, 0.15) is 24.2 Å². The van der Waals surface area contributed by atoms with Crippen LogP contribution in [0.15, 0.2) is 48.5 Å². The Labute approximate surface area is 131 Å². The summed E-state index contributed by atoms with van der Waals surface area (Å²) >= 11 is 0. The molecule has 118 valence electrons. The van der Waals surface area contributed by atoms with Gasteiger partial charge in [0.15, 0.2) is 0 Å². The highest BCUT2D eigenvalue weighted by molar-refractivity contribution is 5.45. The Morgan fingerprint density at radius 1 is 1.05 bits per heavy atom. The molecule has 0 aromatic heterocycles. The van der Waals surface area contributed by atoms with Gasteiger partial charge in [0.05, 0.1) is 6.10 Å². The second kappa shape index (κ2) is 7.38. The molecule has 0 aliphatic carbocycles. The van der Waals surface area contributed by atoms with Crippen molar-refractivity contribution in [2.75, 3.05) is 19.0 Å². The molecule has 22 heavy (non-hydrogen) atoms. The molecule has 3 nitrogen and oxygen atoms in total. The van der Waals surface area contributed by atoms with Crippen LogP contribution in [0.2, 0.25) is 0 Å². The van der Waals surface area contributed by atoms with Crippen LogP contribution in [-0.2, 0) is 6.54 Å². The van der Waals surface area contributed by atoms with E-state index < -0.39 is 6.10 Å². The second-order valence-electron chi connectivity index (χ2n) is 5.73. The van der Waals surface area contributed by atoms with Gasteiger partial charge < -0.3 is 15.3 Å². The van der Waals surface area contributed by atoms with Gasteiger partial charge in [-0.05, 0) is 42.3 Å². The van der Waals surface area contributed by atoms with Crippen LogP contribution in [0.3, 0.4) is 0 Å². The summed E-state index contributed by atoms with van der Waals surface area (Å²) < 4.78 is 12.9. The first kappa shape index (κ1) is 16.5. The maximum atomic E-state index is 12.9. The number of nitrogens with one attached hydrogen (secondary N) is 1. The van der Waals surface area contributed by atoms with Crippen molar-refractivity contribution < 1.29 is 9.50 Å². The number of nitrogens with zero attached hydrogens (tertiary/aromatic N) is 1. The van der Waals surface area contributed by atoms with Crippen molar-refractivity contribution >= 4 is 5.69 Å². The van der Waals surface area contributed by atoms with E-state index in [1.165, 1.54) is 12.1 Å². The number of hydrogen-bond donors (Lipinski definition) is 2. The number of aliphatic hydroxyl groups is 1. The molecule has 0 saturated heterocycles. The molecule has 2 unspecified atom stereocenters. The number of hydrogen-bond acceptors (Lipinski definition) is 3. The average Bonchev–Trinajstić information content (AvgIpc) is 2.53. The van der Waals surface area contributed by atoms with E-state index in [0.29, 0.717) is 12.1 Å². The molecule has 2 atom stereocenters. The van der Waals surface area contributed by atoms with Crippen LogP contribution in [0.5, 0.6) is 0 Å². The molecule has 0 bridgehead atoms. The molecule has 2 aromatic rings. The van der Waals surface area contributed by atoms with Crippen LogP contribution in [-0.4, -0.2) is 25.2 Å². The molecule has 0 fully saturated rings. The summed E-state index contributed by atoms with van der Waals surface area (Å²) in [4.78, 5) is 2.05. The molecule has 0 heterocycles. The van der Waals surface area contributed by atoms with Gasteiger partial charge in [-0.2, -0.15) is 0 Å². The summed E-state index contributed by atoms with van der Waals surface area (Å²) in [5, 5.41) is 13.6. The van der Waals surface area contributed by atoms with E-state index >= 15 is 0 Å². The number of aliphatic hydroxyl groups excluding tert-OH is 1. The van der Waals surface area contributed by atoms with Crippen LogP contribution in [0.25, 0.3) is 0 Å². The van der Waals surface area contributed by atoms with E-state index in [4.69, 9.17) is 0 Å². The Hall–Kier alpha value is -1.91. The summed E-state index contributed by atoms with van der Waals surface area (Å²) in [5.41, 5.74) is 3.02. The fourth-order valence-electron chi connectivity index (χ4n) is 2.25. The average molecular weight is 302 g/mol. The normalized spacial score (nSPS) is 13.7. The summed E-state index contributed by atoms with van der Waals surface area (Å²) in [6.07, 6.45) is -0.665. The molecular formula is C18H23FN2O. The highest BCUT2D eigenvalue weighted by Gasteiger charge is 2.15. The summed E-state index contributed by atoms with van der Waals surface area (Å²) in [6.45, 7) is 2.59.